The number of rotatable bonds is 2. The van der Waals surface area contributed by atoms with Crippen LogP contribution in [-0.2, 0) is 17.7 Å². The minimum absolute atomic E-state index is 0.106. The summed E-state index contributed by atoms with van der Waals surface area (Å²) in [6, 6.07) is 9.40. The Hall–Kier alpha value is -2.60. The van der Waals surface area contributed by atoms with Gasteiger partial charge in [0, 0.05) is 22.6 Å². The Morgan fingerprint density at radius 3 is 2.85 bits per heavy atom. The highest BCUT2D eigenvalue weighted by Gasteiger charge is 2.29. The van der Waals surface area contributed by atoms with Crippen LogP contribution in [0.25, 0.3) is 16.6 Å². The van der Waals surface area contributed by atoms with Crippen molar-refractivity contribution in [3.63, 3.8) is 0 Å². The van der Waals surface area contributed by atoms with Gasteiger partial charge in [-0.05, 0) is 49.2 Å². The van der Waals surface area contributed by atoms with Crippen molar-refractivity contribution < 1.29 is 18.3 Å². The Labute approximate surface area is 159 Å². The molecule has 0 fully saturated rings. The molecule has 0 spiro atoms. The molecule has 4 nitrogen and oxygen atoms in total. The molecule has 0 aliphatic carbocycles. The summed E-state index contributed by atoms with van der Waals surface area (Å²) >= 11 is 6.17. The van der Waals surface area contributed by atoms with E-state index in [-0.39, 0.29) is 18.8 Å². The summed E-state index contributed by atoms with van der Waals surface area (Å²) in [4.78, 5) is 13.8. The predicted octanol–water partition coefficient (Wildman–Crippen LogP) is 5.08. The number of halogens is 3. The summed E-state index contributed by atoms with van der Waals surface area (Å²) < 4.78 is 35.2. The maximum absolute atomic E-state index is 14.6. The highest BCUT2D eigenvalue weighted by atomic mass is 35.5. The van der Waals surface area contributed by atoms with Crippen molar-refractivity contribution >= 4 is 28.6 Å². The molecule has 0 saturated carbocycles. The molecule has 0 bridgehead atoms. The summed E-state index contributed by atoms with van der Waals surface area (Å²) in [5.41, 5.74) is 2.54. The molecule has 1 aliphatic rings. The first-order valence-electron chi connectivity index (χ1n) is 8.69. The van der Waals surface area contributed by atoms with Crippen molar-refractivity contribution in [3.05, 3.63) is 64.3 Å². The number of carbonyl (C=O) groups is 1. The lowest BCUT2D eigenvalue weighted by Gasteiger charge is -2.27. The maximum Gasteiger partial charge on any atom is 0.410 e. The van der Waals surface area contributed by atoms with E-state index in [1.54, 1.807) is 28.5 Å². The highest BCUT2D eigenvalue weighted by Crippen LogP contribution is 2.36. The molecule has 0 unspecified atom stereocenters. The first-order chi connectivity index (χ1) is 13.0. The number of amides is 1. The van der Waals surface area contributed by atoms with Gasteiger partial charge < -0.3 is 14.2 Å². The third-order valence-electron chi connectivity index (χ3n) is 4.81. The van der Waals surface area contributed by atoms with Crippen LogP contribution in [0.15, 0.2) is 36.4 Å². The van der Waals surface area contributed by atoms with Gasteiger partial charge in [-0.3, -0.25) is 0 Å². The lowest BCUT2D eigenvalue weighted by Crippen LogP contribution is -2.37. The average Bonchev–Trinajstić information content (AvgIpc) is 2.97. The van der Waals surface area contributed by atoms with Crippen molar-refractivity contribution in [2.24, 2.45) is 0 Å². The van der Waals surface area contributed by atoms with Crippen molar-refractivity contribution in [2.45, 2.75) is 19.9 Å². The van der Waals surface area contributed by atoms with Gasteiger partial charge in [0.2, 0.25) is 0 Å². The summed E-state index contributed by atoms with van der Waals surface area (Å²) in [5, 5.41) is 1.44. The minimum atomic E-state index is -0.930. The normalized spacial score (nSPS) is 13.7. The molecule has 3 aromatic rings. The fraction of sp³-hybridized carbons (Fsp3) is 0.250. The molecule has 0 saturated heterocycles. The summed E-state index contributed by atoms with van der Waals surface area (Å²) in [7, 11) is 0. The van der Waals surface area contributed by atoms with Gasteiger partial charge in [0.05, 0.1) is 24.4 Å². The van der Waals surface area contributed by atoms with Crippen LogP contribution in [0, 0.1) is 11.6 Å². The quantitative estimate of drug-likeness (QED) is 0.611. The monoisotopic (exact) mass is 390 g/mol. The van der Waals surface area contributed by atoms with Crippen molar-refractivity contribution in [2.75, 3.05) is 13.2 Å². The Morgan fingerprint density at radius 1 is 1.26 bits per heavy atom. The molecule has 7 heteroatoms. The molecule has 1 aliphatic heterocycles. The molecule has 4 rings (SSSR count). The zero-order valence-corrected chi connectivity index (χ0v) is 15.4. The zero-order valence-electron chi connectivity index (χ0n) is 14.6. The van der Waals surface area contributed by atoms with Crippen LogP contribution in [0.2, 0.25) is 5.02 Å². The smallest absolute Gasteiger partial charge is 0.410 e. The molecule has 27 heavy (non-hydrogen) atoms. The van der Waals surface area contributed by atoms with E-state index in [0.717, 1.165) is 28.2 Å². The molecular weight excluding hydrogens is 374 g/mol. The van der Waals surface area contributed by atoms with Gasteiger partial charge in [0.15, 0.2) is 11.6 Å². The van der Waals surface area contributed by atoms with E-state index < -0.39 is 17.7 Å². The lowest BCUT2D eigenvalue weighted by atomic mass is 10.0. The van der Waals surface area contributed by atoms with Gasteiger partial charge in [-0.2, -0.15) is 0 Å². The lowest BCUT2D eigenvalue weighted by molar-refractivity contribution is 0.102. The molecular formula is C20H17ClF2N2O2. The minimum Gasteiger partial charge on any atom is -0.450 e. The first kappa shape index (κ1) is 17.8. The molecule has 2 aromatic carbocycles. The SMILES string of the molecule is CCOC(=O)N1CCc2c(n(-c3cccc(F)c3F)c3ccc(Cl)cc23)C1. The largest absolute Gasteiger partial charge is 0.450 e. The average molecular weight is 391 g/mol. The second-order valence-electron chi connectivity index (χ2n) is 6.37. The van der Waals surface area contributed by atoms with Crippen LogP contribution in [-0.4, -0.2) is 28.7 Å². The van der Waals surface area contributed by atoms with Crippen molar-refractivity contribution in [1.82, 2.24) is 9.47 Å². The standard InChI is InChI=1S/C20H17ClF2N2O2/c1-2-27-20(26)24-9-8-13-14-10-12(21)6-7-16(14)25(18(13)11-24)17-5-3-4-15(22)19(17)23/h3-7,10H,2,8-9,11H2,1H3. The zero-order chi connectivity index (χ0) is 19.1. The third kappa shape index (κ3) is 2.94. The first-order valence-corrected chi connectivity index (χ1v) is 9.06. The molecule has 1 amide bonds. The van der Waals surface area contributed by atoms with E-state index in [0.29, 0.717) is 18.0 Å². The number of hydrogen-bond donors (Lipinski definition) is 0. The number of hydrogen-bond acceptors (Lipinski definition) is 2. The summed E-state index contributed by atoms with van der Waals surface area (Å²) in [5.74, 6) is -1.85. The van der Waals surface area contributed by atoms with Crippen molar-refractivity contribution in [3.8, 4) is 5.69 Å². The number of nitrogens with zero attached hydrogens (tertiary/aromatic N) is 2. The van der Waals surface area contributed by atoms with Gasteiger partial charge in [0.1, 0.15) is 0 Å². The van der Waals surface area contributed by atoms with Crippen molar-refractivity contribution in [1.29, 1.82) is 0 Å². The van der Waals surface area contributed by atoms with E-state index in [1.807, 2.05) is 6.07 Å². The molecule has 140 valence electrons. The second kappa shape index (κ2) is 6.85. The van der Waals surface area contributed by atoms with E-state index in [1.165, 1.54) is 12.1 Å². The second-order valence-corrected chi connectivity index (χ2v) is 6.80. The topological polar surface area (TPSA) is 34.5 Å². The van der Waals surface area contributed by atoms with Gasteiger partial charge in [-0.1, -0.05) is 17.7 Å². The molecule has 0 N–H and O–H groups in total. The van der Waals surface area contributed by atoms with Crippen LogP contribution in [0.1, 0.15) is 18.2 Å². The Balaban J connectivity index is 1.94. The molecule has 1 aromatic heterocycles. The fourth-order valence-corrected chi connectivity index (χ4v) is 3.82. The molecule has 0 atom stereocenters. The van der Waals surface area contributed by atoms with Gasteiger partial charge in [-0.15, -0.1) is 0 Å². The van der Waals surface area contributed by atoms with E-state index in [4.69, 9.17) is 16.3 Å². The summed E-state index contributed by atoms with van der Waals surface area (Å²) in [6.07, 6.45) is 0.160. The van der Waals surface area contributed by atoms with Gasteiger partial charge in [0.25, 0.3) is 0 Å². The maximum atomic E-state index is 14.6. The van der Waals surface area contributed by atoms with Gasteiger partial charge in [-0.25, -0.2) is 13.6 Å². The van der Waals surface area contributed by atoms with Crippen LogP contribution in [0.5, 0.6) is 0 Å². The molecule has 0 radical (unpaired) electrons. The van der Waals surface area contributed by atoms with Crippen LogP contribution >= 0.6 is 11.6 Å². The fourth-order valence-electron chi connectivity index (χ4n) is 3.64. The third-order valence-corrected chi connectivity index (χ3v) is 5.05. The predicted molar refractivity (Wildman–Crippen MR) is 99.3 cm³/mol. The van der Waals surface area contributed by atoms with Crippen LogP contribution < -0.4 is 0 Å². The van der Waals surface area contributed by atoms with E-state index in [9.17, 15) is 13.6 Å². The van der Waals surface area contributed by atoms with E-state index >= 15 is 0 Å². The summed E-state index contributed by atoms with van der Waals surface area (Å²) in [6.45, 7) is 2.76. The van der Waals surface area contributed by atoms with Gasteiger partial charge >= 0.3 is 6.09 Å². The Morgan fingerprint density at radius 2 is 2.07 bits per heavy atom. The number of ether oxygens (including phenoxy) is 1. The number of fused-ring (bicyclic) bond motifs is 3. The van der Waals surface area contributed by atoms with Crippen LogP contribution in [0.4, 0.5) is 13.6 Å². The van der Waals surface area contributed by atoms with Crippen LogP contribution in [0.3, 0.4) is 0 Å². The Bertz CT molecular complexity index is 1050. The Kier molecular flexibility index (Phi) is 4.52. The van der Waals surface area contributed by atoms with E-state index in [2.05, 4.69) is 0 Å². The number of benzene rings is 2. The number of aromatic nitrogens is 1. The highest BCUT2D eigenvalue weighted by molar-refractivity contribution is 6.31. The number of carbonyl (C=O) groups excluding carboxylic acids is 1. The molecule has 2 heterocycles.